The van der Waals surface area contributed by atoms with Crippen LogP contribution in [0.5, 0.6) is 0 Å². The van der Waals surface area contributed by atoms with Gasteiger partial charge in [-0.1, -0.05) is 12.8 Å². The molecule has 1 aliphatic rings. The van der Waals surface area contributed by atoms with Crippen LogP contribution in [-0.4, -0.2) is 129 Å². The fourth-order valence-corrected chi connectivity index (χ4v) is 4.85. The lowest BCUT2D eigenvalue weighted by Gasteiger charge is -2.46. The maximum Gasteiger partial charge on any atom is 0.320 e. The van der Waals surface area contributed by atoms with E-state index in [2.05, 4.69) is 0 Å². The van der Waals surface area contributed by atoms with Crippen molar-refractivity contribution in [1.82, 2.24) is 14.7 Å². The number of carboxylic acids is 3. The van der Waals surface area contributed by atoms with Crippen LogP contribution >= 0.6 is 0 Å². The molecule has 0 unspecified atom stereocenters. The molecule has 1 rings (SSSR count). The molecule has 13 nitrogen and oxygen atoms in total. The highest BCUT2D eigenvalue weighted by Crippen LogP contribution is 2.29. The predicted molar refractivity (Wildman–Crippen MR) is 145 cm³/mol. The molecule has 1 fully saturated rings. The Balaban J connectivity index is 3.55. The predicted octanol–water partition coefficient (Wildman–Crippen LogP) is 1.53. The van der Waals surface area contributed by atoms with Gasteiger partial charge in [-0.3, -0.25) is 38.7 Å². The Labute approximate surface area is 236 Å². The molecule has 13 heteroatoms. The van der Waals surface area contributed by atoms with Gasteiger partial charge >= 0.3 is 29.8 Å². The molecule has 0 aromatic carbocycles. The van der Waals surface area contributed by atoms with E-state index in [-0.39, 0.29) is 58.8 Å². The Bertz CT molecular complexity index is 838. The number of carbonyl (C=O) groups excluding carboxylic acids is 2. The lowest BCUT2D eigenvalue weighted by atomic mass is 9.88. The Hall–Kier alpha value is -2.77. The van der Waals surface area contributed by atoms with Crippen LogP contribution in [0.3, 0.4) is 0 Å². The number of nitrogens with zero attached hydrogens (tertiary/aromatic N) is 3. The molecule has 0 aromatic heterocycles. The second kappa shape index (κ2) is 15.3. The average molecular weight is 574 g/mol. The molecule has 0 aromatic rings. The van der Waals surface area contributed by atoms with E-state index in [1.807, 2.05) is 0 Å². The molecule has 0 radical (unpaired) electrons. The number of esters is 2. The minimum Gasteiger partial charge on any atom is -0.481 e. The summed E-state index contributed by atoms with van der Waals surface area (Å²) in [5, 5.41) is 28.1. The van der Waals surface area contributed by atoms with E-state index in [0.29, 0.717) is 25.7 Å². The molecule has 230 valence electrons. The highest BCUT2D eigenvalue weighted by atomic mass is 16.6. The second-order valence-corrected chi connectivity index (χ2v) is 12.4. The van der Waals surface area contributed by atoms with E-state index in [0.717, 1.165) is 0 Å². The van der Waals surface area contributed by atoms with Gasteiger partial charge in [0.1, 0.15) is 11.2 Å². The molecule has 1 saturated heterocycles. The molecule has 0 aliphatic carbocycles. The third-order valence-electron chi connectivity index (χ3n) is 6.17. The summed E-state index contributed by atoms with van der Waals surface area (Å²) in [5.41, 5.74) is -2.64. The summed E-state index contributed by atoms with van der Waals surface area (Å²) in [7, 11) is 0. The first-order chi connectivity index (χ1) is 18.3. The zero-order chi connectivity index (χ0) is 30.7. The van der Waals surface area contributed by atoms with Gasteiger partial charge in [0.25, 0.3) is 0 Å². The van der Waals surface area contributed by atoms with Crippen molar-refractivity contribution in [3.05, 3.63) is 0 Å². The summed E-state index contributed by atoms with van der Waals surface area (Å²) in [6, 6.07) is 0. The van der Waals surface area contributed by atoms with Crippen molar-refractivity contribution < 1.29 is 48.8 Å². The van der Waals surface area contributed by atoms with E-state index in [9.17, 15) is 34.2 Å². The van der Waals surface area contributed by atoms with Crippen LogP contribution in [0.25, 0.3) is 0 Å². The van der Waals surface area contributed by atoms with Gasteiger partial charge in [-0.25, -0.2) is 0 Å². The molecule has 0 saturated carbocycles. The second-order valence-electron chi connectivity index (χ2n) is 12.4. The van der Waals surface area contributed by atoms with Crippen molar-refractivity contribution in [2.45, 2.75) is 90.4 Å². The third kappa shape index (κ3) is 14.6. The van der Waals surface area contributed by atoms with E-state index >= 15 is 0 Å². The molecular weight excluding hydrogens is 526 g/mol. The van der Waals surface area contributed by atoms with Gasteiger partial charge in [-0.05, 0) is 54.4 Å². The lowest BCUT2D eigenvalue weighted by molar-refractivity contribution is -0.165. The molecular formula is C27H47N3O10. The number of hydrogen-bond acceptors (Lipinski definition) is 10. The highest BCUT2D eigenvalue weighted by molar-refractivity contribution is 5.76. The van der Waals surface area contributed by atoms with Gasteiger partial charge in [-0.15, -0.1) is 0 Å². The summed E-state index contributed by atoms with van der Waals surface area (Å²) in [5.74, 6) is -4.23. The standard InChI is InChI=1S/C27H47N3O10/c1-25(2,3)39-23(37)16-30(17-24(38)40-26(4,5)6)27(11-9-7-8-10-20(31)32)18-28(14-21(33)34)12-13-29(19-27)15-22(35)36/h7-19H2,1-6H3,(H,31,32)(H,33,34)(H,35,36). The molecule has 0 spiro atoms. The van der Waals surface area contributed by atoms with E-state index in [4.69, 9.17) is 14.6 Å². The summed E-state index contributed by atoms with van der Waals surface area (Å²) < 4.78 is 11.1. The number of rotatable bonds is 15. The first-order valence-electron chi connectivity index (χ1n) is 13.6. The largest absolute Gasteiger partial charge is 0.481 e. The van der Waals surface area contributed by atoms with Crippen molar-refractivity contribution in [3.63, 3.8) is 0 Å². The van der Waals surface area contributed by atoms with Crippen LogP contribution in [0.4, 0.5) is 0 Å². The summed E-state index contributed by atoms with van der Waals surface area (Å²) in [4.78, 5) is 65.5. The summed E-state index contributed by atoms with van der Waals surface area (Å²) >= 11 is 0. The Morgan fingerprint density at radius 2 is 1.12 bits per heavy atom. The van der Waals surface area contributed by atoms with Crippen molar-refractivity contribution >= 4 is 29.8 Å². The maximum absolute atomic E-state index is 13.1. The zero-order valence-corrected chi connectivity index (χ0v) is 24.7. The average Bonchev–Trinajstić information content (AvgIpc) is 2.89. The van der Waals surface area contributed by atoms with Gasteiger partial charge in [-0.2, -0.15) is 0 Å². The van der Waals surface area contributed by atoms with Gasteiger partial charge < -0.3 is 24.8 Å². The number of unbranched alkanes of at least 4 members (excludes halogenated alkanes) is 2. The SMILES string of the molecule is CC(C)(C)OC(=O)CN(CC(=O)OC(C)(C)C)C1(CCCCCC(=O)O)CN(CC(=O)O)CCN(CC(=O)O)C1. The van der Waals surface area contributed by atoms with Crippen molar-refractivity contribution in [3.8, 4) is 0 Å². The molecule has 1 heterocycles. The fraction of sp³-hybridized carbons (Fsp3) is 0.815. The van der Waals surface area contributed by atoms with E-state index in [1.54, 1.807) is 56.2 Å². The number of hydrogen-bond donors (Lipinski definition) is 3. The maximum atomic E-state index is 13.1. The quantitative estimate of drug-likeness (QED) is 0.190. The van der Waals surface area contributed by atoms with Crippen molar-refractivity contribution in [1.29, 1.82) is 0 Å². The molecule has 3 N–H and O–H groups in total. The first-order valence-corrected chi connectivity index (χ1v) is 13.6. The minimum atomic E-state index is -1.06. The Kier molecular flexibility index (Phi) is 13.5. The summed E-state index contributed by atoms with van der Waals surface area (Å²) in [6.07, 6.45) is 1.81. The number of carbonyl (C=O) groups is 5. The number of ether oxygens (including phenoxy) is 2. The van der Waals surface area contributed by atoms with Gasteiger partial charge in [0.2, 0.25) is 0 Å². The molecule has 1 aliphatic heterocycles. The number of aliphatic carboxylic acids is 3. The fourth-order valence-electron chi connectivity index (χ4n) is 4.85. The molecule has 0 bridgehead atoms. The topological polar surface area (TPSA) is 174 Å². The molecule has 0 amide bonds. The minimum absolute atomic E-state index is 0.0111. The lowest BCUT2D eigenvalue weighted by Crippen LogP contribution is -2.62. The Morgan fingerprint density at radius 1 is 0.700 bits per heavy atom. The van der Waals surface area contributed by atoms with Crippen LogP contribution < -0.4 is 0 Å². The number of carboxylic acid groups (broad SMARTS) is 3. The zero-order valence-electron chi connectivity index (χ0n) is 24.7. The first kappa shape index (κ1) is 35.3. The van der Waals surface area contributed by atoms with Crippen LogP contribution in [0.1, 0.15) is 73.6 Å². The van der Waals surface area contributed by atoms with Crippen LogP contribution in [-0.2, 0) is 33.4 Å². The van der Waals surface area contributed by atoms with Crippen molar-refractivity contribution in [2.75, 3.05) is 52.4 Å². The van der Waals surface area contributed by atoms with E-state index in [1.165, 1.54) is 0 Å². The normalized spacial score (nSPS) is 16.8. The highest BCUT2D eigenvalue weighted by Gasteiger charge is 2.44. The van der Waals surface area contributed by atoms with Crippen molar-refractivity contribution in [2.24, 2.45) is 0 Å². The monoisotopic (exact) mass is 573 g/mol. The third-order valence-corrected chi connectivity index (χ3v) is 6.17. The van der Waals surface area contributed by atoms with Crippen LogP contribution in [0.15, 0.2) is 0 Å². The smallest absolute Gasteiger partial charge is 0.320 e. The van der Waals surface area contributed by atoms with Crippen LogP contribution in [0.2, 0.25) is 0 Å². The molecule has 0 atom stereocenters. The van der Waals surface area contributed by atoms with Gasteiger partial charge in [0.15, 0.2) is 0 Å². The van der Waals surface area contributed by atoms with Crippen LogP contribution in [0, 0.1) is 0 Å². The van der Waals surface area contributed by atoms with Gasteiger partial charge in [0, 0.05) is 38.1 Å². The Morgan fingerprint density at radius 3 is 1.48 bits per heavy atom. The van der Waals surface area contributed by atoms with Gasteiger partial charge in [0.05, 0.1) is 26.2 Å². The summed E-state index contributed by atoms with van der Waals surface area (Å²) in [6.45, 7) is 9.88. The molecule has 40 heavy (non-hydrogen) atoms. The van der Waals surface area contributed by atoms with E-state index < -0.39 is 46.6 Å².